The number of phenolic OH excluding ortho intramolecular Hbond substituents is 1. The molecule has 0 heterocycles. The molecule has 0 unspecified atom stereocenters. The van der Waals surface area contributed by atoms with Crippen molar-refractivity contribution in [2.24, 2.45) is 0 Å². The third-order valence-electron chi connectivity index (χ3n) is 6.88. The zero-order chi connectivity index (χ0) is 30.4. The van der Waals surface area contributed by atoms with Gasteiger partial charge in [-0.3, -0.25) is 9.52 Å². The van der Waals surface area contributed by atoms with Crippen molar-refractivity contribution in [2.45, 2.75) is 17.9 Å². The van der Waals surface area contributed by atoms with Gasteiger partial charge in [-0.05, 0) is 47.0 Å². The van der Waals surface area contributed by atoms with Gasteiger partial charge >= 0.3 is 5.97 Å². The van der Waals surface area contributed by atoms with E-state index in [1.807, 2.05) is 30.3 Å². The molecule has 5 aromatic carbocycles. The maximum absolute atomic E-state index is 13.5. The summed E-state index contributed by atoms with van der Waals surface area (Å²) >= 11 is 0. The standard InChI is InChI=1S/C33H29FN2O6S/c34-26-14-10-24(11-15-26)25-12-16-27(17-13-25)43(40,41)35-30-20-31(33(39)29-9-5-4-8-28(29)30)36(19-18-32(37)38)22-42-21-23-6-2-1-3-7-23/h1-17,20,35,39H,18-19,21-22H2,(H,37,38). The number of hydrogen-bond acceptors (Lipinski definition) is 6. The zero-order valence-electron chi connectivity index (χ0n) is 23.0. The molecule has 43 heavy (non-hydrogen) atoms. The van der Waals surface area contributed by atoms with E-state index in [1.165, 1.54) is 30.3 Å². The fourth-order valence-electron chi connectivity index (χ4n) is 4.68. The lowest BCUT2D eigenvalue weighted by Gasteiger charge is -2.26. The van der Waals surface area contributed by atoms with Crippen LogP contribution in [-0.2, 0) is 26.2 Å². The first-order valence-corrected chi connectivity index (χ1v) is 14.9. The normalized spacial score (nSPS) is 11.4. The Morgan fingerprint density at radius 1 is 0.837 bits per heavy atom. The highest BCUT2D eigenvalue weighted by atomic mass is 32.2. The fraction of sp³-hybridized carbons (Fsp3) is 0.121. The summed E-state index contributed by atoms with van der Waals surface area (Å²) in [6, 6.07) is 29.8. The van der Waals surface area contributed by atoms with Crippen molar-refractivity contribution >= 4 is 38.1 Å². The number of ether oxygens (including phenoxy) is 1. The molecular weight excluding hydrogens is 571 g/mol. The Kier molecular flexibility index (Phi) is 8.89. The van der Waals surface area contributed by atoms with E-state index < -0.39 is 16.0 Å². The molecule has 0 aliphatic carbocycles. The van der Waals surface area contributed by atoms with E-state index >= 15 is 0 Å². The number of aliphatic carboxylic acids is 1. The Labute approximate surface area is 248 Å². The van der Waals surface area contributed by atoms with E-state index in [9.17, 15) is 27.8 Å². The number of aromatic hydroxyl groups is 1. The van der Waals surface area contributed by atoms with Gasteiger partial charge in [-0.1, -0.05) is 78.9 Å². The first-order valence-electron chi connectivity index (χ1n) is 13.4. The number of benzene rings is 5. The number of fused-ring (bicyclic) bond motifs is 1. The summed E-state index contributed by atoms with van der Waals surface area (Å²) in [6.07, 6.45) is -0.234. The second kappa shape index (κ2) is 12.9. The summed E-state index contributed by atoms with van der Waals surface area (Å²) in [5.74, 6) is -1.52. The molecule has 5 aromatic rings. The second-order valence-corrected chi connectivity index (χ2v) is 11.5. The van der Waals surface area contributed by atoms with Gasteiger partial charge in [-0.15, -0.1) is 0 Å². The molecule has 0 saturated carbocycles. The predicted molar refractivity (Wildman–Crippen MR) is 164 cm³/mol. The molecule has 0 spiro atoms. The van der Waals surface area contributed by atoms with Gasteiger partial charge in [0.25, 0.3) is 10.0 Å². The van der Waals surface area contributed by atoms with Crippen LogP contribution in [0.5, 0.6) is 5.75 Å². The minimum absolute atomic E-state index is 0.00555. The van der Waals surface area contributed by atoms with Crippen molar-refractivity contribution in [3.05, 3.63) is 121 Å². The van der Waals surface area contributed by atoms with Crippen molar-refractivity contribution < 1.29 is 32.6 Å². The van der Waals surface area contributed by atoms with Gasteiger partial charge in [0.05, 0.1) is 29.3 Å². The SMILES string of the molecule is O=C(O)CCN(COCc1ccccc1)c1cc(NS(=O)(=O)c2ccc(-c3ccc(F)cc3)cc2)c2ccccc2c1O. The van der Waals surface area contributed by atoms with Gasteiger partial charge in [0, 0.05) is 17.3 Å². The van der Waals surface area contributed by atoms with Crippen molar-refractivity contribution in [1.82, 2.24) is 0 Å². The van der Waals surface area contributed by atoms with Crippen LogP contribution in [0.15, 0.2) is 114 Å². The van der Waals surface area contributed by atoms with Crippen molar-refractivity contribution in [2.75, 3.05) is 22.9 Å². The first kappa shape index (κ1) is 29.6. The van der Waals surface area contributed by atoms with Crippen LogP contribution in [0.25, 0.3) is 21.9 Å². The van der Waals surface area contributed by atoms with Crippen LogP contribution in [-0.4, -0.2) is 37.9 Å². The summed E-state index contributed by atoms with van der Waals surface area (Å²) in [4.78, 5) is 13.0. The van der Waals surface area contributed by atoms with E-state index in [0.717, 1.165) is 16.7 Å². The molecular formula is C33H29FN2O6S. The molecule has 10 heteroatoms. The molecule has 0 fully saturated rings. The topological polar surface area (TPSA) is 116 Å². The van der Waals surface area contributed by atoms with E-state index in [0.29, 0.717) is 10.8 Å². The summed E-state index contributed by atoms with van der Waals surface area (Å²) < 4.78 is 48.8. The molecule has 0 amide bonds. The first-order chi connectivity index (χ1) is 20.7. The average Bonchev–Trinajstić information content (AvgIpc) is 3.01. The van der Waals surface area contributed by atoms with Crippen LogP contribution in [0, 0.1) is 5.82 Å². The molecule has 3 N–H and O–H groups in total. The van der Waals surface area contributed by atoms with Gasteiger partial charge in [-0.25, -0.2) is 12.8 Å². The average molecular weight is 601 g/mol. The molecule has 0 bridgehead atoms. The highest BCUT2D eigenvalue weighted by Crippen LogP contribution is 2.41. The molecule has 220 valence electrons. The van der Waals surface area contributed by atoms with Gasteiger partial charge in [0.2, 0.25) is 0 Å². The summed E-state index contributed by atoms with van der Waals surface area (Å²) in [7, 11) is -4.08. The summed E-state index contributed by atoms with van der Waals surface area (Å²) in [6.45, 7) is 0.213. The van der Waals surface area contributed by atoms with E-state index in [4.69, 9.17) is 4.74 Å². The smallest absolute Gasteiger partial charge is 0.305 e. The Hall–Kier alpha value is -4.93. The Bertz CT molecular complexity index is 1830. The molecule has 0 aromatic heterocycles. The van der Waals surface area contributed by atoms with Crippen LogP contribution in [0.1, 0.15) is 12.0 Å². The largest absolute Gasteiger partial charge is 0.505 e. The Morgan fingerprint density at radius 2 is 1.44 bits per heavy atom. The zero-order valence-corrected chi connectivity index (χ0v) is 23.8. The second-order valence-electron chi connectivity index (χ2n) is 9.84. The number of nitrogens with zero attached hydrogens (tertiary/aromatic N) is 1. The molecule has 0 saturated heterocycles. The number of sulfonamides is 1. The lowest BCUT2D eigenvalue weighted by molar-refractivity contribution is -0.136. The van der Waals surface area contributed by atoms with Crippen LogP contribution >= 0.6 is 0 Å². The lowest BCUT2D eigenvalue weighted by atomic mass is 10.1. The number of phenols is 1. The van der Waals surface area contributed by atoms with Crippen LogP contribution in [0.4, 0.5) is 15.8 Å². The maximum Gasteiger partial charge on any atom is 0.305 e. The van der Waals surface area contributed by atoms with Gasteiger partial charge in [-0.2, -0.15) is 0 Å². The summed E-state index contributed by atoms with van der Waals surface area (Å²) in [5.41, 5.74) is 2.80. The van der Waals surface area contributed by atoms with Gasteiger partial charge in [0.15, 0.2) is 0 Å². The number of rotatable bonds is 12. The van der Waals surface area contributed by atoms with Gasteiger partial charge in [0.1, 0.15) is 18.3 Å². The van der Waals surface area contributed by atoms with E-state index in [1.54, 1.807) is 53.4 Å². The molecule has 8 nitrogen and oxygen atoms in total. The highest BCUT2D eigenvalue weighted by Gasteiger charge is 2.22. The fourth-order valence-corrected chi connectivity index (χ4v) is 5.75. The van der Waals surface area contributed by atoms with Crippen molar-refractivity contribution in [3.63, 3.8) is 0 Å². The monoisotopic (exact) mass is 600 g/mol. The minimum atomic E-state index is -4.08. The van der Waals surface area contributed by atoms with E-state index in [2.05, 4.69) is 4.72 Å². The van der Waals surface area contributed by atoms with Crippen LogP contribution in [0.2, 0.25) is 0 Å². The number of anilines is 2. The molecule has 5 rings (SSSR count). The lowest BCUT2D eigenvalue weighted by Crippen LogP contribution is -2.29. The Balaban J connectivity index is 1.46. The molecule has 0 atom stereocenters. The van der Waals surface area contributed by atoms with Gasteiger partial charge < -0.3 is 19.8 Å². The number of carboxylic acids is 1. The summed E-state index contributed by atoms with van der Waals surface area (Å²) in [5, 5.41) is 21.4. The predicted octanol–water partition coefficient (Wildman–Crippen LogP) is 6.61. The van der Waals surface area contributed by atoms with Crippen molar-refractivity contribution in [3.8, 4) is 16.9 Å². The Morgan fingerprint density at radius 3 is 2.09 bits per heavy atom. The molecule has 0 radical (unpaired) electrons. The highest BCUT2D eigenvalue weighted by molar-refractivity contribution is 7.92. The number of hydrogen-bond donors (Lipinski definition) is 3. The third kappa shape index (κ3) is 7.11. The van der Waals surface area contributed by atoms with Crippen LogP contribution in [0.3, 0.4) is 0 Å². The molecule has 0 aliphatic rings. The molecule has 0 aliphatic heterocycles. The maximum atomic E-state index is 13.5. The number of nitrogens with one attached hydrogen (secondary N) is 1. The van der Waals surface area contributed by atoms with E-state index in [-0.39, 0.29) is 54.1 Å². The number of halogens is 1. The minimum Gasteiger partial charge on any atom is -0.505 e. The quantitative estimate of drug-likeness (QED) is 0.109. The van der Waals surface area contributed by atoms with Crippen molar-refractivity contribution in [1.29, 1.82) is 0 Å². The number of carbonyl (C=O) groups is 1. The van der Waals surface area contributed by atoms with Crippen LogP contribution < -0.4 is 9.62 Å². The number of carboxylic acid groups (broad SMARTS) is 1. The third-order valence-corrected chi connectivity index (χ3v) is 8.26.